The zero-order valence-corrected chi connectivity index (χ0v) is 11.7. The molecule has 0 aliphatic heterocycles. The Kier molecular flexibility index (Phi) is 6.66. The number of carbonyl (C=O) groups is 1. The number of unbranched alkanes of at least 4 members (excludes halogenated alkanes) is 1. The number of carbonyl (C=O) groups excluding carboxylic acids is 1. The minimum Gasteiger partial charge on any atom is -0.352 e. The van der Waals surface area contributed by atoms with Crippen LogP contribution in [0.2, 0.25) is 0 Å². The van der Waals surface area contributed by atoms with Crippen molar-refractivity contribution in [3.05, 3.63) is 39.9 Å². The molecule has 0 heterocycles. The summed E-state index contributed by atoms with van der Waals surface area (Å²) in [6, 6.07) is 6.21. The molecule has 0 aliphatic carbocycles. The summed E-state index contributed by atoms with van der Waals surface area (Å²) in [7, 11) is 0. The number of rotatable bonds is 8. The molecule has 20 heavy (non-hydrogen) atoms. The molecule has 6 heteroatoms. The largest absolute Gasteiger partial charge is 0.352 e. The van der Waals surface area contributed by atoms with Gasteiger partial charge in [-0.3, -0.25) is 14.9 Å². The number of hydrogen-bond donors (Lipinski definition) is 2. The predicted octanol–water partition coefficient (Wildman–Crippen LogP) is 1.77. The number of nitrogens with zero attached hydrogens (tertiary/aromatic N) is 1. The molecule has 1 amide bonds. The molecule has 1 aromatic rings. The van der Waals surface area contributed by atoms with E-state index in [9.17, 15) is 14.9 Å². The fraction of sp³-hybridized carbons (Fsp3) is 0.500. The Balaban J connectivity index is 2.64. The number of para-hydroxylation sites is 1. The quantitative estimate of drug-likeness (QED) is 0.559. The van der Waals surface area contributed by atoms with Crippen molar-refractivity contribution < 1.29 is 9.72 Å². The van der Waals surface area contributed by atoms with Crippen LogP contribution >= 0.6 is 0 Å². The van der Waals surface area contributed by atoms with E-state index in [4.69, 9.17) is 5.73 Å². The first-order valence-corrected chi connectivity index (χ1v) is 6.80. The number of nitrogens with one attached hydrogen (secondary N) is 1. The predicted molar refractivity (Wildman–Crippen MR) is 77.3 cm³/mol. The van der Waals surface area contributed by atoms with Crippen LogP contribution in [0.4, 0.5) is 5.69 Å². The van der Waals surface area contributed by atoms with Crippen molar-refractivity contribution in [3.8, 4) is 0 Å². The second-order valence-corrected chi connectivity index (χ2v) is 4.70. The topological polar surface area (TPSA) is 98.3 Å². The molecule has 6 nitrogen and oxygen atoms in total. The lowest BCUT2D eigenvalue weighted by molar-refractivity contribution is -0.385. The van der Waals surface area contributed by atoms with E-state index < -0.39 is 4.92 Å². The van der Waals surface area contributed by atoms with Gasteiger partial charge in [-0.25, -0.2) is 0 Å². The van der Waals surface area contributed by atoms with Gasteiger partial charge in [0.15, 0.2) is 0 Å². The van der Waals surface area contributed by atoms with Gasteiger partial charge in [0.25, 0.3) is 5.69 Å². The number of amides is 1. The van der Waals surface area contributed by atoms with Crippen molar-refractivity contribution in [1.82, 2.24) is 5.32 Å². The maximum Gasteiger partial charge on any atom is 0.273 e. The molecule has 0 aromatic heterocycles. The normalized spacial score (nSPS) is 11.9. The van der Waals surface area contributed by atoms with Crippen LogP contribution in [0.15, 0.2) is 24.3 Å². The minimum absolute atomic E-state index is 0.000220. The van der Waals surface area contributed by atoms with Crippen LogP contribution in [0, 0.1) is 10.1 Å². The summed E-state index contributed by atoms with van der Waals surface area (Å²) in [6.45, 7) is 2.45. The first kappa shape index (κ1) is 16.1. The zero-order chi connectivity index (χ0) is 15.0. The van der Waals surface area contributed by atoms with Gasteiger partial charge in [0.1, 0.15) is 0 Å². The number of hydrogen-bond acceptors (Lipinski definition) is 4. The molecule has 1 unspecified atom stereocenters. The van der Waals surface area contributed by atoms with E-state index in [2.05, 4.69) is 12.2 Å². The molecule has 0 bridgehead atoms. The molecule has 0 aliphatic rings. The highest BCUT2D eigenvalue weighted by Gasteiger charge is 2.17. The molecule has 0 radical (unpaired) electrons. The third-order valence-electron chi connectivity index (χ3n) is 3.10. The Morgan fingerprint density at radius 1 is 1.45 bits per heavy atom. The fourth-order valence-electron chi connectivity index (χ4n) is 1.99. The van der Waals surface area contributed by atoms with Crippen LogP contribution in [0.25, 0.3) is 0 Å². The summed E-state index contributed by atoms with van der Waals surface area (Å²) in [6.07, 6.45) is 2.86. The lowest BCUT2D eigenvalue weighted by Crippen LogP contribution is -2.40. The van der Waals surface area contributed by atoms with E-state index in [-0.39, 0.29) is 24.1 Å². The van der Waals surface area contributed by atoms with Crippen molar-refractivity contribution in [2.75, 3.05) is 6.54 Å². The lowest BCUT2D eigenvalue weighted by Gasteiger charge is -2.16. The lowest BCUT2D eigenvalue weighted by atomic mass is 10.1. The van der Waals surface area contributed by atoms with Gasteiger partial charge in [-0.15, -0.1) is 0 Å². The second-order valence-electron chi connectivity index (χ2n) is 4.70. The maximum absolute atomic E-state index is 11.9. The Morgan fingerprint density at radius 2 is 2.15 bits per heavy atom. The first-order chi connectivity index (χ1) is 9.58. The molecular formula is C14H21N3O3. The average Bonchev–Trinajstić information content (AvgIpc) is 2.43. The van der Waals surface area contributed by atoms with Gasteiger partial charge >= 0.3 is 0 Å². The Morgan fingerprint density at radius 3 is 2.75 bits per heavy atom. The number of nitro groups is 1. The summed E-state index contributed by atoms with van der Waals surface area (Å²) in [5.74, 6) is -0.231. The van der Waals surface area contributed by atoms with E-state index >= 15 is 0 Å². The van der Waals surface area contributed by atoms with E-state index in [1.807, 2.05) is 0 Å². The molecular weight excluding hydrogens is 258 g/mol. The van der Waals surface area contributed by atoms with Crippen LogP contribution in [-0.2, 0) is 11.2 Å². The van der Waals surface area contributed by atoms with Crippen molar-refractivity contribution in [2.24, 2.45) is 5.73 Å². The Labute approximate surface area is 118 Å². The van der Waals surface area contributed by atoms with E-state index in [1.165, 1.54) is 6.07 Å². The molecule has 0 saturated carbocycles. The van der Waals surface area contributed by atoms with Crippen molar-refractivity contribution in [3.63, 3.8) is 0 Å². The molecule has 3 N–H and O–H groups in total. The fourth-order valence-corrected chi connectivity index (χ4v) is 1.99. The maximum atomic E-state index is 11.9. The molecule has 110 valence electrons. The summed E-state index contributed by atoms with van der Waals surface area (Å²) < 4.78 is 0. The molecule has 1 atom stereocenters. The second kappa shape index (κ2) is 8.27. The van der Waals surface area contributed by atoms with Crippen molar-refractivity contribution >= 4 is 11.6 Å². The third kappa shape index (κ3) is 4.97. The number of nitro benzene ring substituents is 1. The molecule has 1 rings (SSSR count). The SMILES string of the molecule is CCCCC(CN)NC(=O)Cc1ccccc1[N+](=O)[O-]. The van der Waals surface area contributed by atoms with Gasteiger partial charge in [0, 0.05) is 24.2 Å². The first-order valence-electron chi connectivity index (χ1n) is 6.80. The summed E-state index contributed by atoms with van der Waals surface area (Å²) >= 11 is 0. The summed E-state index contributed by atoms with van der Waals surface area (Å²) in [4.78, 5) is 22.3. The molecule has 0 saturated heterocycles. The van der Waals surface area contributed by atoms with E-state index in [1.54, 1.807) is 18.2 Å². The molecule has 0 fully saturated rings. The van der Waals surface area contributed by atoms with Gasteiger partial charge in [-0.1, -0.05) is 38.0 Å². The van der Waals surface area contributed by atoms with E-state index in [0.29, 0.717) is 12.1 Å². The highest BCUT2D eigenvalue weighted by Crippen LogP contribution is 2.18. The van der Waals surface area contributed by atoms with Gasteiger partial charge < -0.3 is 11.1 Å². The van der Waals surface area contributed by atoms with Crippen molar-refractivity contribution in [2.45, 2.75) is 38.6 Å². The van der Waals surface area contributed by atoms with Crippen LogP contribution in [0.5, 0.6) is 0 Å². The van der Waals surface area contributed by atoms with Gasteiger partial charge in [-0.05, 0) is 6.42 Å². The van der Waals surface area contributed by atoms with Gasteiger partial charge in [-0.2, -0.15) is 0 Å². The zero-order valence-electron chi connectivity index (χ0n) is 11.7. The smallest absolute Gasteiger partial charge is 0.273 e. The Bertz CT molecular complexity index is 463. The Hall–Kier alpha value is -1.95. The molecule has 1 aromatic carbocycles. The minimum atomic E-state index is -0.472. The number of benzene rings is 1. The van der Waals surface area contributed by atoms with Crippen LogP contribution in [0.1, 0.15) is 31.7 Å². The van der Waals surface area contributed by atoms with Crippen molar-refractivity contribution in [1.29, 1.82) is 0 Å². The highest BCUT2D eigenvalue weighted by molar-refractivity contribution is 5.80. The van der Waals surface area contributed by atoms with Crippen LogP contribution < -0.4 is 11.1 Å². The third-order valence-corrected chi connectivity index (χ3v) is 3.10. The van der Waals surface area contributed by atoms with Gasteiger partial charge in [0.2, 0.25) is 5.91 Å². The highest BCUT2D eigenvalue weighted by atomic mass is 16.6. The standard InChI is InChI=1S/C14H21N3O3/c1-2-3-7-12(10-15)16-14(18)9-11-6-4-5-8-13(11)17(19)20/h4-6,8,12H,2-3,7,9-10,15H2,1H3,(H,16,18). The van der Waals surface area contributed by atoms with Gasteiger partial charge in [0.05, 0.1) is 11.3 Å². The summed E-state index contributed by atoms with van der Waals surface area (Å²) in [5.41, 5.74) is 6.00. The van der Waals surface area contributed by atoms with Crippen LogP contribution in [0.3, 0.4) is 0 Å². The number of nitrogens with two attached hydrogens (primary N) is 1. The average molecular weight is 279 g/mol. The summed E-state index contributed by atoms with van der Waals surface area (Å²) in [5, 5.41) is 13.7. The monoisotopic (exact) mass is 279 g/mol. The molecule has 0 spiro atoms. The van der Waals surface area contributed by atoms with Crippen LogP contribution in [-0.4, -0.2) is 23.4 Å². The van der Waals surface area contributed by atoms with E-state index in [0.717, 1.165) is 19.3 Å².